The number of primary amides is 1. The van der Waals surface area contributed by atoms with E-state index >= 15 is 0 Å². The molecule has 5 amide bonds. The van der Waals surface area contributed by atoms with Gasteiger partial charge in [0.25, 0.3) is 5.91 Å². The number of carbonyl (C=O) groups is 5. The van der Waals surface area contributed by atoms with Crippen molar-refractivity contribution in [1.82, 2.24) is 21.3 Å². The lowest BCUT2D eigenvalue weighted by molar-refractivity contribution is -0.398. The molecular formula is C63H102N6O41. The third-order valence-electron chi connectivity index (χ3n) is 19.4. The molecule has 630 valence electrons. The summed E-state index contributed by atoms with van der Waals surface area (Å²) in [5.74, 6) is -4.41. The first kappa shape index (κ1) is 90.5. The first-order valence-electron chi connectivity index (χ1n) is 34.9. The van der Waals surface area contributed by atoms with Crippen molar-refractivity contribution in [3.63, 3.8) is 0 Å². The number of benzene rings is 1. The van der Waals surface area contributed by atoms with E-state index in [0.29, 0.717) is 0 Å². The summed E-state index contributed by atoms with van der Waals surface area (Å²) in [5.41, 5.74) is 5.63. The van der Waals surface area contributed by atoms with Crippen LogP contribution >= 0.6 is 0 Å². The van der Waals surface area contributed by atoms with E-state index < -0.39 is 328 Å². The van der Waals surface area contributed by atoms with Crippen molar-refractivity contribution < 1.29 is 203 Å². The Labute approximate surface area is 624 Å². The number of para-hydroxylation sites is 1. The quantitative estimate of drug-likeness (QED) is 0.0311. The van der Waals surface area contributed by atoms with Gasteiger partial charge in [0.15, 0.2) is 44.0 Å². The van der Waals surface area contributed by atoms with Gasteiger partial charge in [0, 0.05) is 39.9 Å². The SMILES string of the molecule is CC(=O)NC(CNc1ccccc1C(N)=O)C(O)C(OC1OC(CO)C(OC2OC(COC3OC(CO)C(O)C(O)C3OC3OC(CO)C(O)C(O)C3NC(C)=O)C(O)C(OC3OC(CO)C(O)C(O)C3OC3OC(CO)C(OC4OC(CO)C(O)C(O)C4O)C(O)C3NC(C)=O)C2O)C(O)C1NC(C)=O)C(O)CO. The van der Waals surface area contributed by atoms with Crippen molar-refractivity contribution in [1.29, 1.82) is 0 Å². The summed E-state index contributed by atoms with van der Waals surface area (Å²) in [5, 5.41) is 258. The number of anilines is 1. The molecule has 47 nitrogen and oxygen atoms in total. The normalized spacial score (nSPS) is 42.2. The van der Waals surface area contributed by atoms with Gasteiger partial charge < -0.3 is 211 Å². The fourth-order valence-corrected chi connectivity index (χ4v) is 13.6. The van der Waals surface area contributed by atoms with Gasteiger partial charge in [-0.3, -0.25) is 24.0 Å². The molecule has 39 atom stereocenters. The number of aliphatic hydroxyl groups is 22. The number of rotatable bonds is 33. The number of carbonyl (C=O) groups excluding carboxylic acids is 5. The van der Waals surface area contributed by atoms with Crippen molar-refractivity contribution in [2.24, 2.45) is 5.73 Å². The Balaban J connectivity index is 1.15. The minimum absolute atomic E-state index is 0.0272. The molecule has 8 rings (SSSR count). The Kier molecular flexibility index (Phi) is 33.3. The molecule has 39 unspecified atom stereocenters. The summed E-state index contributed by atoms with van der Waals surface area (Å²) in [7, 11) is 0. The van der Waals surface area contributed by atoms with Crippen molar-refractivity contribution in [2.45, 2.75) is 267 Å². The molecule has 7 aliphatic rings. The predicted octanol–water partition coefficient (Wildman–Crippen LogP) is -17.0. The number of hydrogen-bond acceptors (Lipinski definition) is 42. The lowest BCUT2D eigenvalue weighted by Gasteiger charge is -2.51. The van der Waals surface area contributed by atoms with E-state index in [4.69, 9.17) is 72.0 Å². The van der Waals surface area contributed by atoms with Crippen molar-refractivity contribution in [3.8, 4) is 0 Å². The van der Waals surface area contributed by atoms with Gasteiger partial charge in [0.1, 0.15) is 189 Å². The highest BCUT2D eigenvalue weighted by Gasteiger charge is 2.60. The lowest BCUT2D eigenvalue weighted by Crippen LogP contribution is -2.70. The molecule has 110 heavy (non-hydrogen) atoms. The fourth-order valence-electron chi connectivity index (χ4n) is 13.6. The molecule has 7 fully saturated rings. The Hall–Kier alpha value is -5.07. The Bertz CT molecular complexity index is 3090. The molecule has 7 aliphatic heterocycles. The van der Waals surface area contributed by atoms with Crippen LogP contribution in [0.15, 0.2) is 24.3 Å². The predicted molar refractivity (Wildman–Crippen MR) is 349 cm³/mol. The standard InChI is InChI=1S/C63H102N6O41/c1-18(77)66-24(9-65-23-8-6-5-7-22(23)56(64)96)36(82)50(25(81)10-70)105-58-34(68-20(3)79)43(89)52(31(16-76)102-58)107-61-49(95)53(41(87)32(104-61)17-97-62-54(46(92)39(85)28(13-73)100-62)109-57-33(67-19(2)78)42(88)37(83)26(11-71)98-57)108-63-55(47(93)40(86)29(14-74)101-63)110-59-35(69-21(4)80)44(90)51(30(15-75)103-59)106-60-48(94)45(91)38(84)27(12-72)99-60/h5-8,24-55,57-63,65,70-76,81-95H,9-17H2,1-4H3,(H2,64,96)(H,66,77)(H,67,78)(H,68,79)(H,69,80). The Morgan fingerprint density at radius 1 is 0.409 bits per heavy atom. The smallest absolute Gasteiger partial charge is 0.250 e. The van der Waals surface area contributed by atoms with E-state index in [9.17, 15) is 136 Å². The second-order valence-electron chi connectivity index (χ2n) is 27.2. The summed E-state index contributed by atoms with van der Waals surface area (Å²) >= 11 is 0. The first-order valence-corrected chi connectivity index (χ1v) is 34.9. The molecule has 47 heteroatoms. The van der Waals surface area contributed by atoms with Crippen LogP contribution in [0.3, 0.4) is 0 Å². The van der Waals surface area contributed by atoms with E-state index in [-0.39, 0.29) is 11.3 Å². The van der Waals surface area contributed by atoms with Gasteiger partial charge >= 0.3 is 0 Å². The monoisotopic (exact) mass is 1600 g/mol. The lowest BCUT2D eigenvalue weighted by atomic mass is 9.94. The van der Waals surface area contributed by atoms with E-state index in [1.165, 1.54) is 24.3 Å². The van der Waals surface area contributed by atoms with Crippen LogP contribution in [0.5, 0.6) is 0 Å². The second kappa shape index (κ2) is 40.5. The highest BCUT2D eigenvalue weighted by atomic mass is 16.8. The van der Waals surface area contributed by atoms with Gasteiger partial charge in [-0.1, -0.05) is 12.1 Å². The van der Waals surface area contributed by atoms with E-state index in [2.05, 4.69) is 26.6 Å². The van der Waals surface area contributed by atoms with Crippen LogP contribution in [0.4, 0.5) is 5.69 Å². The van der Waals surface area contributed by atoms with Crippen LogP contribution in [0.1, 0.15) is 38.1 Å². The number of nitrogens with one attached hydrogen (secondary N) is 5. The molecule has 7 heterocycles. The van der Waals surface area contributed by atoms with Crippen LogP contribution in [0.25, 0.3) is 0 Å². The number of aliphatic hydroxyl groups excluding tert-OH is 22. The van der Waals surface area contributed by atoms with Gasteiger partial charge in [-0.25, -0.2) is 0 Å². The average molecular weight is 1600 g/mol. The molecule has 7 saturated heterocycles. The van der Waals surface area contributed by atoms with E-state index in [1.807, 2.05) is 0 Å². The largest absolute Gasteiger partial charge is 0.394 e. The fraction of sp³-hybridized carbons (Fsp3) is 0.825. The minimum atomic E-state index is -2.57. The number of amides is 5. The van der Waals surface area contributed by atoms with Gasteiger partial charge in [0.2, 0.25) is 23.6 Å². The third-order valence-corrected chi connectivity index (χ3v) is 19.4. The van der Waals surface area contributed by atoms with Crippen LogP contribution < -0.4 is 32.3 Å². The van der Waals surface area contributed by atoms with E-state index in [0.717, 1.165) is 27.7 Å². The molecule has 0 aromatic heterocycles. The molecule has 0 aliphatic carbocycles. The topological polar surface area (TPSA) is 746 Å². The van der Waals surface area contributed by atoms with Crippen LogP contribution in [-0.2, 0) is 85.5 Å². The molecule has 1 aromatic rings. The van der Waals surface area contributed by atoms with Gasteiger partial charge in [-0.15, -0.1) is 0 Å². The Morgan fingerprint density at radius 2 is 0.800 bits per heavy atom. The summed E-state index contributed by atoms with van der Waals surface area (Å²) in [4.78, 5) is 63.4. The molecule has 0 bridgehead atoms. The zero-order chi connectivity index (χ0) is 81.2. The maximum atomic E-state index is 13.1. The van der Waals surface area contributed by atoms with Gasteiger partial charge in [-0.05, 0) is 12.1 Å². The highest BCUT2D eigenvalue weighted by molar-refractivity contribution is 5.98. The molecule has 0 spiro atoms. The second-order valence-corrected chi connectivity index (χ2v) is 27.2. The molecule has 0 radical (unpaired) electrons. The van der Waals surface area contributed by atoms with E-state index in [1.54, 1.807) is 0 Å². The maximum Gasteiger partial charge on any atom is 0.250 e. The molecule has 0 saturated carbocycles. The average Bonchev–Trinajstić information content (AvgIpc) is 0.770. The van der Waals surface area contributed by atoms with Crippen molar-refractivity contribution in [2.75, 3.05) is 64.7 Å². The minimum Gasteiger partial charge on any atom is -0.394 e. The highest BCUT2D eigenvalue weighted by Crippen LogP contribution is 2.39. The van der Waals surface area contributed by atoms with Crippen LogP contribution in [0.2, 0.25) is 0 Å². The van der Waals surface area contributed by atoms with Gasteiger partial charge in [-0.2, -0.15) is 0 Å². The summed E-state index contributed by atoms with van der Waals surface area (Å²) in [6, 6.07) is -1.38. The van der Waals surface area contributed by atoms with Crippen LogP contribution in [-0.4, -0.2) is 440 Å². The zero-order valence-corrected chi connectivity index (χ0v) is 59.4. The third kappa shape index (κ3) is 21.0. The summed E-state index contributed by atoms with van der Waals surface area (Å²) < 4.78 is 83.6. The number of nitrogens with two attached hydrogens (primary N) is 1. The van der Waals surface area contributed by atoms with Crippen molar-refractivity contribution >= 4 is 35.2 Å². The van der Waals surface area contributed by atoms with Gasteiger partial charge in [0.05, 0.1) is 64.5 Å². The molecule has 1 aromatic carbocycles. The Morgan fingerprint density at radius 3 is 1.28 bits per heavy atom. The zero-order valence-electron chi connectivity index (χ0n) is 59.4. The summed E-state index contributed by atoms with van der Waals surface area (Å²) in [6.07, 6.45) is -73.6. The first-order chi connectivity index (χ1) is 52.1. The summed E-state index contributed by atoms with van der Waals surface area (Å²) in [6.45, 7) is -5.44. The maximum absolute atomic E-state index is 13.1. The van der Waals surface area contributed by atoms with Crippen LogP contribution in [0, 0.1) is 0 Å². The van der Waals surface area contributed by atoms with Crippen molar-refractivity contribution in [3.05, 3.63) is 29.8 Å². The molecule has 29 N–H and O–H groups in total. The molecular weight excluding hydrogens is 1500 g/mol. The number of hydrogen-bond donors (Lipinski definition) is 28. The number of ether oxygens (including phenoxy) is 14.